The Morgan fingerprint density at radius 2 is 2.24 bits per heavy atom. The van der Waals surface area contributed by atoms with Crippen LogP contribution in [-0.4, -0.2) is 40.4 Å². The lowest BCUT2D eigenvalue weighted by Gasteiger charge is -2.15. The molecular weight excluding hydrogens is 224 g/mol. The molecule has 0 spiro atoms. The van der Waals surface area contributed by atoms with Crippen molar-refractivity contribution < 1.29 is 14.4 Å². The number of nitrogens with two attached hydrogens (primary N) is 1. The van der Waals surface area contributed by atoms with Crippen molar-refractivity contribution in [2.45, 2.75) is 20.3 Å². The third-order valence-electron chi connectivity index (χ3n) is 2.28. The fourth-order valence-electron chi connectivity index (χ4n) is 1.34. The highest BCUT2D eigenvalue weighted by Gasteiger charge is 2.19. The summed E-state index contributed by atoms with van der Waals surface area (Å²) >= 11 is 0. The minimum Gasteiger partial charge on any atom is -0.436 e. The molecular formula is C10H16N4O3. The van der Waals surface area contributed by atoms with Crippen LogP contribution in [0.1, 0.15) is 28.6 Å². The van der Waals surface area contributed by atoms with Gasteiger partial charge in [-0.3, -0.25) is 4.79 Å². The zero-order valence-corrected chi connectivity index (χ0v) is 10.1. The summed E-state index contributed by atoms with van der Waals surface area (Å²) < 4.78 is 5.22. The molecule has 0 saturated carbocycles. The van der Waals surface area contributed by atoms with Crippen LogP contribution in [0.5, 0.6) is 0 Å². The summed E-state index contributed by atoms with van der Waals surface area (Å²) in [6.45, 7) is 3.73. The lowest BCUT2D eigenvalue weighted by atomic mass is 10.3. The summed E-state index contributed by atoms with van der Waals surface area (Å²) in [4.78, 5) is 17.4. The molecule has 7 nitrogen and oxygen atoms in total. The fraction of sp³-hybridized carbons (Fsp3) is 0.500. The van der Waals surface area contributed by atoms with E-state index < -0.39 is 0 Å². The van der Waals surface area contributed by atoms with E-state index in [0.717, 1.165) is 0 Å². The van der Waals surface area contributed by atoms with Gasteiger partial charge in [0.2, 0.25) is 5.76 Å². The van der Waals surface area contributed by atoms with Gasteiger partial charge in [-0.25, -0.2) is 4.98 Å². The Bertz CT molecular complexity index is 439. The van der Waals surface area contributed by atoms with E-state index in [9.17, 15) is 4.79 Å². The number of aryl methyl sites for hydroxylation is 2. The van der Waals surface area contributed by atoms with Crippen LogP contribution >= 0.6 is 0 Å². The van der Waals surface area contributed by atoms with Crippen molar-refractivity contribution in [3.05, 3.63) is 17.3 Å². The molecule has 17 heavy (non-hydrogen) atoms. The molecule has 1 aromatic heterocycles. The summed E-state index contributed by atoms with van der Waals surface area (Å²) in [6.07, 6.45) is 0.297. The minimum atomic E-state index is -0.270. The maximum Gasteiger partial charge on any atom is 0.291 e. The Hall–Kier alpha value is -2.05. The first-order chi connectivity index (χ1) is 7.95. The van der Waals surface area contributed by atoms with E-state index in [1.807, 2.05) is 0 Å². The summed E-state index contributed by atoms with van der Waals surface area (Å²) in [6, 6.07) is 0. The number of oxime groups is 1. The molecule has 0 aliphatic carbocycles. The van der Waals surface area contributed by atoms with Gasteiger partial charge in [0.25, 0.3) is 5.91 Å². The molecule has 3 N–H and O–H groups in total. The van der Waals surface area contributed by atoms with Crippen LogP contribution in [0.15, 0.2) is 9.57 Å². The molecule has 0 radical (unpaired) electrons. The topological polar surface area (TPSA) is 105 Å². The number of hydrogen-bond donors (Lipinski definition) is 2. The van der Waals surface area contributed by atoms with Crippen LogP contribution in [-0.2, 0) is 0 Å². The molecule has 0 atom stereocenters. The van der Waals surface area contributed by atoms with E-state index >= 15 is 0 Å². The zero-order chi connectivity index (χ0) is 13.0. The van der Waals surface area contributed by atoms with Crippen LogP contribution in [0, 0.1) is 13.8 Å². The number of oxazole rings is 1. The Labute approximate surface area is 98.9 Å². The summed E-state index contributed by atoms with van der Waals surface area (Å²) in [5, 5.41) is 11.2. The van der Waals surface area contributed by atoms with Gasteiger partial charge in [-0.2, -0.15) is 0 Å². The van der Waals surface area contributed by atoms with E-state index in [1.54, 1.807) is 20.9 Å². The molecule has 1 rings (SSSR count). The molecule has 0 aliphatic rings. The van der Waals surface area contributed by atoms with Gasteiger partial charge in [0.15, 0.2) is 5.89 Å². The number of carbonyl (C=O) groups excluding carboxylic acids is 1. The van der Waals surface area contributed by atoms with Gasteiger partial charge < -0.3 is 20.3 Å². The van der Waals surface area contributed by atoms with Gasteiger partial charge in [0.1, 0.15) is 5.84 Å². The second kappa shape index (κ2) is 5.33. The normalized spacial score (nSPS) is 11.6. The number of amides is 1. The number of hydrogen-bond acceptors (Lipinski definition) is 5. The summed E-state index contributed by atoms with van der Waals surface area (Å²) in [7, 11) is 1.62. The first-order valence-electron chi connectivity index (χ1n) is 5.11. The first kappa shape index (κ1) is 13.0. The number of rotatable bonds is 4. The third kappa shape index (κ3) is 3.20. The standard InChI is InChI=1S/C10H16N4O3/c1-6-9(17-7(2)12-6)10(15)14(3)5-4-8(11)13-16/h16H,4-5H2,1-3H3,(H2,11,13). The fourth-order valence-corrected chi connectivity index (χ4v) is 1.34. The van der Waals surface area contributed by atoms with Gasteiger partial charge in [-0.05, 0) is 6.92 Å². The quantitative estimate of drug-likeness (QED) is 0.345. The van der Waals surface area contributed by atoms with Gasteiger partial charge in [0.05, 0.1) is 5.69 Å². The molecule has 0 aliphatic heterocycles. The van der Waals surface area contributed by atoms with Crippen molar-refractivity contribution in [1.82, 2.24) is 9.88 Å². The molecule has 0 aromatic carbocycles. The lowest BCUT2D eigenvalue weighted by molar-refractivity contribution is 0.0764. The average molecular weight is 240 g/mol. The number of aromatic nitrogens is 1. The van der Waals surface area contributed by atoms with E-state index in [-0.39, 0.29) is 17.5 Å². The minimum absolute atomic E-state index is 0.0788. The SMILES string of the molecule is Cc1nc(C)c(C(=O)N(C)CCC(N)=NO)o1. The van der Waals surface area contributed by atoms with Gasteiger partial charge in [-0.1, -0.05) is 5.16 Å². The van der Waals surface area contributed by atoms with Crippen LogP contribution in [0.3, 0.4) is 0 Å². The molecule has 94 valence electrons. The molecule has 7 heteroatoms. The maximum absolute atomic E-state index is 11.9. The van der Waals surface area contributed by atoms with Crippen molar-refractivity contribution in [1.29, 1.82) is 0 Å². The zero-order valence-electron chi connectivity index (χ0n) is 10.1. The van der Waals surface area contributed by atoms with E-state index in [0.29, 0.717) is 24.6 Å². The Balaban J connectivity index is 2.67. The van der Waals surface area contributed by atoms with Crippen molar-refractivity contribution >= 4 is 11.7 Å². The van der Waals surface area contributed by atoms with Crippen molar-refractivity contribution in [2.24, 2.45) is 10.9 Å². The molecule has 1 heterocycles. The predicted octanol–water partition coefficient (Wildman–Crippen LogP) is 0.500. The second-order valence-corrected chi connectivity index (χ2v) is 3.72. The molecule has 0 unspecified atom stereocenters. The Morgan fingerprint density at radius 3 is 2.71 bits per heavy atom. The summed E-state index contributed by atoms with van der Waals surface area (Å²) in [5.74, 6) is 0.490. The van der Waals surface area contributed by atoms with E-state index in [1.165, 1.54) is 4.90 Å². The molecule has 0 fully saturated rings. The number of carbonyl (C=O) groups is 1. The van der Waals surface area contributed by atoms with Crippen LogP contribution in [0.25, 0.3) is 0 Å². The van der Waals surface area contributed by atoms with Crippen molar-refractivity contribution in [3.8, 4) is 0 Å². The Kier molecular flexibility index (Phi) is 4.08. The van der Waals surface area contributed by atoms with Gasteiger partial charge in [0, 0.05) is 26.9 Å². The molecule has 1 amide bonds. The number of nitrogens with zero attached hydrogens (tertiary/aromatic N) is 3. The summed E-state index contributed by atoms with van der Waals surface area (Å²) in [5.41, 5.74) is 5.88. The maximum atomic E-state index is 11.9. The van der Waals surface area contributed by atoms with Crippen molar-refractivity contribution in [3.63, 3.8) is 0 Å². The van der Waals surface area contributed by atoms with Crippen LogP contribution < -0.4 is 5.73 Å². The highest BCUT2D eigenvalue weighted by molar-refractivity contribution is 5.92. The van der Waals surface area contributed by atoms with Crippen LogP contribution in [0.2, 0.25) is 0 Å². The van der Waals surface area contributed by atoms with Crippen molar-refractivity contribution in [2.75, 3.05) is 13.6 Å². The monoisotopic (exact) mass is 240 g/mol. The third-order valence-corrected chi connectivity index (χ3v) is 2.28. The van der Waals surface area contributed by atoms with E-state index in [2.05, 4.69) is 10.1 Å². The molecule has 0 bridgehead atoms. The predicted molar refractivity (Wildman–Crippen MR) is 61.0 cm³/mol. The Morgan fingerprint density at radius 1 is 1.59 bits per heavy atom. The van der Waals surface area contributed by atoms with Gasteiger partial charge in [-0.15, -0.1) is 0 Å². The first-order valence-corrected chi connectivity index (χ1v) is 5.11. The van der Waals surface area contributed by atoms with Gasteiger partial charge >= 0.3 is 0 Å². The number of amidine groups is 1. The molecule has 1 aromatic rings. The highest BCUT2D eigenvalue weighted by atomic mass is 16.4. The average Bonchev–Trinajstić information content (AvgIpc) is 2.63. The highest BCUT2D eigenvalue weighted by Crippen LogP contribution is 2.11. The largest absolute Gasteiger partial charge is 0.436 e. The van der Waals surface area contributed by atoms with E-state index in [4.69, 9.17) is 15.4 Å². The lowest BCUT2D eigenvalue weighted by Crippen LogP contribution is -2.30. The molecule has 0 saturated heterocycles. The smallest absolute Gasteiger partial charge is 0.291 e. The van der Waals surface area contributed by atoms with Crippen LogP contribution in [0.4, 0.5) is 0 Å². The second-order valence-electron chi connectivity index (χ2n) is 3.72.